The number of hydrogen-bond donors (Lipinski definition) is 0. The molecule has 2 heterocycles. The molecule has 0 aliphatic heterocycles. The first-order valence-electron chi connectivity index (χ1n) is 7.90. The van der Waals surface area contributed by atoms with E-state index in [-0.39, 0.29) is 0 Å². The second-order valence-corrected chi connectivity index (χ2v) is 4.81. The molecule has 2 aromatic heterocycles. The van der Waals surface area contributed by atoms with Gasteiger partial charge in [-0.3, -0.25) is 0 Å². The molecule has 0 fully saturated rings. The molecule has 0 N–H and O–H groups in total. The molecule has 0 atom stereocenters. The summed E-state index contributed by atoms with van der Waals surface area (Å²) < 4.78 is 12.8. The zero-order valence-corrected chi connectivity index (χ0v) is 13.7. The monoisotopic (exact) mass is 307 g/mol. The minimum Gasteiger partial charge on any atom is -0.380 e. The van der Waals surface area contributed by atoms with E-state index in [9.17, 15) is 0 Å². The number of nitrogens with zero attached hydrogens (tertiary/aromatic N) is 5. The Morgan fingerprint density at radius 1 is 1.09 bits per heavy atom. The van der Waals surface area contributed by atoms with Crippen LogP contribution in [0.3, 0.4) is 0 Å². The number of fused-ring (bicyclic) bond motifs is 1. The van der Waals surface area contributed by atoms with Crippen molar-refractivity contribution < 1.29 is 9.47 Å². The number of aromatic nitrogens is 4. The SMILES string of the molecule is CCOCCN(CCOCC)c1cc(CC)nc2ncnn12. The van der Waals surface area contributed by atoms with Gasteiger partial charge in [0.05, 0.1) is 13.2 Å². The van der Waals surface area contributed by atoms with Crippen molar-refractivity contribution in [2.24, 2.45) is 0 Å². The fourth-order valence-electron chi connectivity index (χ4n) is 2.23. The van der Waals surface area contributed by atoms with Crippen LogP contribution in [0.4, 0.5) is 5.82 Å². The van der Waals surface area contributed by atoms with Crippen molar-refractivity contribution in [3.8, 4) is 0 Å². The third-order valence-corrected chi connectivity index (χ3v) is 3.39. The highest BCUT2D eigenvalue weighted by Gasteiger charge is 2.14. The van der Waals surface area contributed by atoms with Gasteiger partial charge in [-0.15, -0.1) is 0 Å². The summed E-state index contributed by atoms with van der Waals surface area (Å²) in [6.45, 7) is 10.4. The molecular formula is C15H25N5O2. The van der Waals surface area contributed by atoms with E-state index >= 15 is 0 Å². The molecule has 0 bridgehead atoms. The molecule has 0 aliphatic carbocycles. The summed E-state index contributed by atoms with van der Waals surface area (Å²) in [6, 6.07) is 2.07. The predicted molar refractivity (Wildman–Crippen MR) is 85.4 cm³/mol. The van der Waals surface area contributed by atoms with Gasteiger partial charge in [-0.2, -0.15) is 14.6 Å². The number of hydrogen-bond acceptors (Lipinski definition) is 6. The Hall–Kier alpha value is -1.73. The Morgan fingerprint density at radius 2 is 1.77 bits per heavy atom. The van der Waals surface area contributed by atoms with Gasteiger partial charge in [0.1, 0.15) is 12.1 Å². The molecule has 2 rings (SSSR count). The minimum atomic E-state index is 0.632. The van der Waals surface area contributed by atoms with Crippen molar-refractivity contribution in [3.63, 3.8) is 0 Å². The maximum absolute atomic E-state index is 5.50. The van der Waals surface area contributed by atoms with E-state index in [4.69, 9.17) is 9.47 Å². The number of ether oxygens (including phenoxy) is 2. The summed E-state index contributed by atoms with van der Waals surface area (Å²) in [4.78, 5) is 10.9. The first-order chi connectivity index (χ1) is 10.8. The highest BCUT2D eigenvalue weighted by molar-refractivity contribution is 5.47. The second kappa shape index (κ2) is 8.65. The van der Waals surface area contributed by atoms with E-state index < -0.39 is 0 Å². The highest BCUT2D eigenvalue weighted by Crippen LogP contribution is 2.16. The van der Waals surface area contributed by atoms with Crippen molar-refractivity contribution in [1.29, 1.82) is 0 Å². The summed E-state index contributed by atoms with van der Waals surface area (Å²) in [5.41, 5.74) is 1.01. The molecule has 0 unspecified atom stereocenters. The van der Waals surface area contributed by atoms with Crippen molar-refractivity contribution in [2.75, 3.05) is 44.4 Å². The third kappa shape index (κ3) is 4.14. The smallest absolute Gasteiger partial charge is 0.254 e. The molecule has 22 heavy (non-hydrogen) atoms. The Morgan fingerprint density at radius 3 is 2.36 bits per heavy atom. The lowest BCUT2D eigenvalue weighted by molar-refractivity contribution is 0.141. The molecule has 0 aromatic carbocycles. The Bertz CT molecular complexity index is 562. The second-order valence-electron chi connectivity index (χ2n) is 4.81. The lowest BCUT2D eigenvalue weighted by Crippen LogP contribution is -2.33. The predicted octanol–water partition coefficient (Wildman–Crippen LogP) is 1.57. The highest BCUT2D eigenvalue weighted by atomic mass is 16.5. The fourth-order valence-corrected chi connectivity index (χ4v) is 2.23. The summed E-state index contributed by atoms with van der Waals surface area (Å²) in [5.74, 6) is 1.62. The van der Waals surface area contributed by atoms with E-state index in [2.05, 4.69) is 33.0 Å². The summed E-state index contributed by atoms with van der Waals surface area (Å²) >= 11 is 0. The molecule has 2 aromatic rings. The van der Waals surface area contributed by atoms with Gasteiger partial charge in [0.2, 0.25) is 0 Å². The van der Waals surface area contributed by atoms with Gasteiger partial charge in [-0.05, 0) is 20.3 Å². The average molecular weight is 307 g/mol. The normalized spacial score (nSPS) is 11.2. The van der Waals surface area contributed by atoms with E-state index in [0.717, 1.165) is 31.0 Å². The summed E-state index contributed by atoms with van der Waals surface area (Å²) in [5, 5.41) is 4.29. The Kier molecular flexibility index (Phi) is 6.54. The molecule has 122 valence electrons. The quantitative estimate of drug-likeness (QED) is 0.621. The zero-order valence-electron chi connectivity index (χ0n) is 13.7. The van der Waals surface area contributed by atoms with Crippen molar-refractivity contribution >= 4 is 11.6 Å². The summed E-state index contributed by atoms with van der Waals surface area (Å²) in [6.07, 6.45) is 2.40. The summed E-state index contributed by atoms with van der Waals surface area (Å²) in [7, 11) is 0. The van der Waals surface area contributed by atoms with Gasteiger partial charge in [-0.25, -0.2) is 4.98 Å². The van der Waals surface area contributed by atoms with Crippen molar-refractivity contribution in [1.82, 2.24) is 19.6 Å². The van der Waals surface area contributed by atoms with Crippen LogP contribution in [-0.4, -0.2) is 59.1 Å². The maximum atomic E-state index is 5.50. The number of anilines is 1. The van der Waals surface area contributed by atoms with Crippen LogP contribution in [0.25, 0.3) is 5.78 Å². The van der Waals surface area contributed by atoms with Gasteiger partial charge < -0.3 is 14.4 Å². The van der Waals surface area contributed by atoms with Crippen LogP contribution in [0.2, 0.25) is 0 Å². The van der Waals surface area contributed by atoms with Crippen LogP contribution >= 0.6 is 0 Å². The maximum Gasteiger partial charge on any atom is 0.254 e. The van der Waals surface area contributed by atoms with Gasteiger partial charge >= 0.3 is 0 Å². The topological polar surface area (TPSA) is 64.8 Å². The minimum absolute atomic E-state index is 0.632. The van der Waals surface area contributed by atoms with Crippen LogP contribution < -0.4 is 4.90 Å². The van der Waals surface area contributed by atoms with Gasteiger partial charge in [-0.1, -0.05) is 6.92 Å². The van der Waals surface area contributed by atoms with Crippen LogP contribution in [-0.2, 0) is 15.9 Å². The zero-order chi connectivity index (χ0) is 15.8. The number of aryl methyl sites for hydroxylation is 1. The van der Waals surface area contributed by atoms with Crippen molar-refractivity contribution in [3.05, 3.63) is 18.1 Å². The molecular weight excluding hydrogens is 282 g/mol. The molecule has 0 spiro atoms. The van der Waals surface area contributed by atoms with E-state index in [1.54, 1.807) is 4.52 Å². The van der Waals surface area contributed by atoms with Gasteiger partial charge in [0.15, 0.2) is 0 Å². The first-order valence-corrected chi connectivity index (χ1v) is 7.90. The average Bonchev–Trinajstić information content (AvgIpc) is 3.01. The van der Waals surface area contributed by atoms with Gasteiger partial charge in [0.25, 0.3) is 5.78 Å². The molecule has 7 nitrogen and oxygen atoms in total. The lowest BCUT2D eigenvalue weighted by atomic mass is 10.3. The largest absolute Gasteiger partial charge is 0.380 e. The van der Waals surface area contributed by atoms with Crippen LogP contribution in [0, 0.1) is 0 Å². The van der Waals surface area contributed by atoms with E-state index in [1.165, 1.54) is 6.33 Å². The molecule has 0 saturated carbocycles. The molecule has 0 radical (unpaired) electrons. The third-order valence-electron chi connectivity index (χ3n) is 3.39. The molecule has 0 amide bonds. The van der Waals surface area contributed by atoms with Crippen LogP contribution in [0.5, 0.6) is 0 Å². The Balaban J connectivity index is 2.25. The molecule has 7 heteroatoms. The molecule has 0 saturated heterocycles. The molecule has 0 aliphatic rings. The van der Waals surface area contributed by atoms with Crippen molar-refractivity contribution in [2.45, 2.75) is 27.2 Å². The van der Waals surface area contributed by atoms with E-state index in [1.807, 2.05) is 13.8 Å². The fraction of sp³-hybridized carbons (Fsp3) is 0.667. The standard InChI is InChI=1S/C15H25N5O2/c1-4-13-11-14(20-15(18-13)16-12-17-20)19(7-9-21-5-2)8-10-22-6-3/h11-12H,4-10H2,1-3H3. The van der Waals surface area contributed by atoms with E-state index in [0.29, 0.717) is 32.2 Å². The Labute approximate surface area is 131 Å². The van der Waals surface area contributed by atoms with Crippen LogP contribution in [0.1, 0.15) is 26.5 Å². The lowest BCUT2D eigenvalue weighted by Gasteiger charge is -2.25. The van der Waals surface area contributed by atoms with Gasteiger partial charge in [0, 0.05) is 38.1 Å². The number of rotatable bonds is 10. The first kappa shape index (κ1) is 16.6. The van der Waals surface area contributed by atoms with Crippen LogP contribution in [0.15, 0.2) is 12.4 Å².